The van der Waals surface area contributed by atoms with Crippen molar-refractivity contribution < 1.29 is 34.2 Å². The lowest BCUT2D eigenvalue weighted by Gasteiger charge is -2.58. The summed E-state index contributed by atoms with van der Waals surface area (Å²) in [4.78, 5) is 16.9. The smallest absolute Gasteiger partial charge is 0.273 e. The van der Waals surface area contributed by atoms with Crippen molar-refractivity contribution in [3.63, 3.8) is 0 Å². The molecule has 1 heterocycles. The summed E-state index contributed by atoms with van der Waals surface area (Å²) in [6, 6.07) is 12.1. The van der Waals surface area contributed by atoms with Crippen LogP contribution in [0, 0.1) is 27.9 Å². The van der Waals surface area contributed by atoms with Gasteiger partial charge in [-0.05, 0) is 87.1 Å². The summed E-state index contributed by atoms with van der Waals surface area (Å²) in [5.74, 6) is 0.793. The van der Waals surface area contributed by atoms with Gasteiger partial charge in [-0.1, -0.05) is 49.1 Å². The van der Waals surface area contributed by atoms with Crippen LogP contribution in [-0.4, -0.2) is 63.6 Å². The first-order valence-corrected chi connectivity index (χ1v) is 19.6. The van der Waals surface area contributed by atoms with Gasteiger partial charge in [-0.2, -0.15) is 0 Å². The Bertz CT molecular complexity index is 1580. The van der Waals surface area contributed by atoms with E-state index in [1.807, 2.05) is 36.9 Å². The van der Waals surface area contributed by atoms with Crippen LogP contribution in [0.25, 0.3) is 0 Å². The molecule has 6 rings (SSSR count). The van der Waals surface area contributed by atoms with E-state index in [0.717, 1.165) is 54.7 Å². The fraction of sp³-hybridized carbons (Fsp3) is 0.575. The van der Waals surface area contributed by atoms with Gasteiger partial charge in [0.05, 0.1) is 34.5 Å². The minimum Gasteiger partial charge on any atom is -0.460 e. The fourth-order valence-corrected chi connectivity index (χ4v) is 10.5. The number of nitrogens with zero attached hydrogens (tertiary/aromatic N) is 2. The van der Waals surface area contributed by atoms with Crippen LogP contribution in [0.1, 0.15) is 89.0 Å². The van der Waals surface area contributed by atoms with Crippen molar-refractivity contribution in [2.75, 3.05) is 26.4 Å². The number of fused-ring (bicyclic) bond motifs is 2. The van der Waals surface area contributed by atoms with Crippen LogP contribution < -0.4 is 9.47 Å². The van der Waals surface area contributed by atoms with Gasteiger partial charge in [-0.15, -0.1) is 18.3 Å². The molecule has 6 atom stereocenters. The summed E-state index contributed by atoms with van der Waals surface area (Å²) < 4.78 is 20.5. The van der Waals surface area contributed by atoms with Gasteiger partial charge in [0.15, 0.2) is 0 Å². The molecule has 2 N–H and O–H groups in total. The Hall–Kier alpha value is -3.38. The Labute approximate surface area is 305 Å². The molecule has 0 spiro atoms. The normalized spacial score (nSPS) is 27.6. The molecule has 0 aromatic heterocycles. The number of thioether (sulfide) groups is 1. The first-order valence-electron chi connectivity index (χ1n) is 18.7. The SMILES string of the molecule is C=CCOC12Oc3ccc(Oc4cccc([N+](=O)[O-])c4)cc3C3C(CCCCO)C(CCCCO)C=C(C(=NOCC)CC1SC1CCCC1)C32. The molecule has 3 aliphatic carbocycles. The molecule has 2 saturated carbocycles. The molecule has 4 aliphatic rings. The minimum atomic E-state index is -0.996. The number of ether oxygens (including phenoxy) is 3. The largest absolute Gasteiger partial charge is 0.460 e. The average molecular weight is 721 g/mol. The number of aliphatic hydroxyl groups excluding tert-OH is 2. The highest BCUT2D eigenvalue weighted by Crippen LogP contribution is 2.63. The van der Waals surface area contributed by atoms with Crippen LogP contribution in [-0.2, 0) is 9.57 Å². The molecule has 0 saturated heterocycles. The molecular formula is C40H52N2O8S. The van der Waals surface area contributed by atoms with E-state index in [1.54, 1.807) is 18.2 Å². The third-order valence-electron chi connectivity index (χ3n) is 10.8. The number of non-ortho nitro benzene ring substituents is 1. The standard InChI is InChI=1S/C40H52N2O8S/c1-3-22-47-40-37(51-31-15-5-6-16-31)26-35(41-48-4-2)33-23-27(12-7-9-20-43)32(17-8-10-21-44)38(39(33)40)34-25-30(18-19-36(34)50-40)49-29-14-11-13-28(24-29)42(45)46/h3,11,13-14,18-19,23-25,27,31-32,37-39,43-44H,1,4-10,12,15-17,20-22,26H2,2H3. The Morgan fingerprint density at radius 1 is 1.08 bits per heavy atom. The average Bonchev–Trinajstić information content (AvgIpc) is 3.65. The van der Waals surface area contributed by atoms with Crippen LogP contribution in [0.15, 0.2) is 71.9 Å². The van der Waals surface area contributed by atoms with E-state index in [4.69, 9.17) is 24.2 Å². The number of oxime groups is 1. The van der Waals surface area contributed by atoms with Crippen LogP contribution in [0.2, 0.25) is 0 Å². The van der Waals surface area contributed by atoms with E-state index >= 15 is 0 Å². The molecule has 6 unspecified atom stereocenters. The highest BCUT2D eigenvalue weighted by molar-refractivity contribution is 8.00. The van der Waals surface area contributed by atoms with Crippen LogP contribution in [0.3, 0.4) is 0 Å². The van der Waals surface area contributed by atoms with Crippen molar-refractivity contribution in [3.8, 4) is 17.2 Å². The molecule has 0 radical (unpaired) electrons. The van der Waals surface area contributed by atoms with Crippen molar-refractivity contribution >= 4 is 23.2 Å². The van der Waals surface area contributed by atoms with E-state index in [-0.39, 0.29) is 47.8 Å². The molecule has 51 heavy (non-hydrogen) atoms. The van der Waals surface area contributed by atoms with Gasteiger partial charge in [0, 0.05) is 42.4 Å². The zero-order valence-corrected chi connectivity index (χ0v) is 30.4. The molecule has 276 valence electrons. The summed E-state index contributed by atoms with van der Waals surface area (Å²) in [6.45, 7) is 7.04. The number of nitro groups is 1. The second-order valence-corrected chi connectivity index (χ2v) is 15.6. The molecule has 2 aromatic rings. The predicted molar refractivity (Wildman–Crippen MR) is 200 cm³/mol. The maximum atomic E-state index is 11.5. The van der Waals surface area contributed by atoms with Gasteiger partial charge >= 0.3 is 0 Å². The van der Waals surface area contributed by atoms with E-state index in [1.165, 1.54) is 37.8 Å². The Balaban J connectivity index is 1.52. The van der Waals surface area contributed by atoms with Crippen LogP contribution in [0.5, 0.6) is 17.2 Å². The summed E-state index contributed by atoms with van der Waals surface area (Å²) in [5.41, 5.74) is 3.01. The molecule has 0 amide bonds. The highest BCUT2D eigenvalue weighted by atomic mass is 32.2. The van der Waals surface area contributed by atoms with Crippen molar-refractivity contribution in [2.45, 2.75) is 99.8 Å². The first-order chi connectivity index (χ1) is 24.9. The Morgan fingerprint density at radius 3 is 2.57 bits per heavy atom. The molecule has 2 aromatic carbocycles. The zero-order chi connectivity index (χ0) is 35.8. The molecular weight excluding hydrogens is 669 g/mol. The second-order valence-electron chi connectivity index (χ2n) is 14.1. The number of nitro benzene ring substituents is 1. The number of allylic oxidation sites excluding steroid dienone is 1. The molecule has 2 fully saturated rings. The number of aliphatic hydroxyl groups is 2. The van der Waals surface area contributed by atoms with Crippen LogP contribution >= 0.6 is 11.8 Å². The monoisotopic (exact) mass is 720 g/mol. The van der Waals surface area contributed by atoms with Gasteiger partial charge in [0.25, 0.3) is 5.69 Å². The summed E-state index contributed by atoms with van der Waals surface area (Å²) in [7, 11) is 0. The molecule has 10 nitrogen and oxygen atoms in total. The van der Waals surface area contributed by atoms with Crippen LogP contribution in [0.4, 0.5) is 5.69 Å². The molecule has 1 aliphatic heterocycles. The maximum absolute atomic E-state index is 11.5. The van der Waals surface area contributed by atoms with E-state index in [9.17, 15) is 20.3 Å². The van der Waals surface area contributed by atoms with Gasteiger partial charge in [0.2, 0.25) is 5.79 Å². The van der Waals surface area contributed by atoms with Crippen molar-refractivity contribution in [2.24, 2.45) is 22.9 Å². The summed E-state index contributed by atoms with van der Waals surface area (Å²) in [6.07, 6.45) is 14.6. The lowest BCUT2D eigenvalue weighted by Crippen LogP contribution is -2.64. The van der Waals surface area contributed by atoms with Crippen molar-refractivity contribution in [3.05, 3.63) is 82.4 Å². The number of rotatable bonds is 18. The lowest BCUT2D eigenvalue weighted by molar-refractivity contribution is -0.384. The van der Waals surface area contributed by atoms with Gasteiger partial charge < -0.3 is 29.3 Å². The minimum absolute atomic E-state index is 0.0382. The number of hydrogen-bond donors (Lipinski definition) is 2. The van der Waals surface area contributed by atoms with Gasteiger partial charge in [0.1, 0.15) is 23.9 Å². The number of hydrogen-bond acceptors (Lipinski definition) is 10. The van der Waals surface area contributed by atoms with Gasteiger partial charge in [-0.3, -0.25) is 10.1 Å². The zero-order valence-electron chi connectivity index (χ0n) is 29.6. The van der Waals surface area contributed by atoms with Crippen molar-refractivity contribution in [1.82, 2.24) is 0 Å². The number of unbranched alkanes of at least 4 members (excludes halogenated alkanes) is 2. The molecule has 0 bridgehead atoms. The van der Waals surface area contributed by atoms with E-state index in [0.29, 0.717) is 42.8 Å². The predicted octanol–water partition coefficient (Wildman–Crippen LogP) is 8.72. The highest BCUT2D eigenvalue weighted by Gasteiger charge is 2.64. The third-order valence-corrected chi connectivity index (χ3v) is 12.5. The van der Waals surface area contributed by atoms with Gasteiger partial charge in [-0.25, -0.2) is 0 Å². The van der Waals surface area contributed by atoms with E-state index < -0.39 is 10.7 Å². The summed E-state index contributed by atoms with van der Waals surface area (Å²) >= 11 is 1.97. The molecule has 11 heteroatoms. The third kappa shape index (κ3) is 8.16. The lowest BCUT2D eigenvalue weighted by atomic mass is 9.56. The topological polar surface area (TPSA) is 133 Å². The van der Waals surface area contributed by atoms with E-state index in [2.05, 4.69) is 12.7 Å². The first kappa shape index (κ1) is 37.4. The number of benzene rings is 2. The quantitative estimate of drug-likeness (QED) is 0.0672. The summed E-state index contributed by atoms with van der Waals surface area (Å²) in [5, 5.41) is 36.3. The Morgan fingerprint density at radius 2 is 1.84 bits per heavy atom. The fourth-order valence-electron chi connectivity index (χ4n) is 8.70. The van der Waals surface area contributed by atoms with Crippen molar-refractivity contribution in [1.29, 1.82) is 0 Å². The maximum Gasteiger partial charge on any atom is 0.273 e. The second kappa shape index (κ2) is 17.4. The Kier molecular flexibility index (Phi) is 12.8.